The van der Waals surface area contributed by atoms with Gasteiger partial charge in [-0.15, -0.1) is 0 Å². The molecule has 15 heavy (non-hydrogen) atoms. The van der Waals surface area contributed by atoms with Gasteiger partial charge in [-0.1, -0.05) is 12.1 Å². The zero-order chi connectivity index (χ0) is 11.3. The molecule has 1 aromatic carbocycles. The molecule has 0 fully saturated rings. The molecule has 0 unspecified atom stereocenters. The number of anilines is 1. The number of esters is 1. The number of hydrogen-bond acceptors (Lipinski definition) is 4. The fraction of sp³-hybridized carbons (Fsp3) is 0.182. The fourth-order valence-corrected chi connectivity index (χ4v) is 1.11. The topological polar surface area (TPSA) is 61.5 Å². The summed E-state index contributed by atoms with van der Waals surface area (Å²) < 4.78 is 9.51. The van der Waals surface area contributed by atoms with E-state index in [4.69, 9.17) is 10.5 Å². The predicted molar refractivity (Wildman–Crippen MR) is 58.5 cm³/mol. The van der Waals surface area contributed by atoms with E-state index < -0.39 is 5.97 Å². The maximum absolute atomic E-state index is 10.9. The van der Waals surface area contributed by atoms with Crippen LogP contribution in [0.4, 0.5) is 5.69 Å². The van der Waals surface area contributed by atoms with Gasteiger partial charge < -0.3 is 15.2 Å². The number of carbonyl (C=O) groups is 1. The van der Waals surface area contributed by atoms with Gasteiger partial charge in [0.25, 0.3) is 0 Å². The number of methoxy groups -OCH3 is 2. The van der Waals surface area contributed by atoms with Crippen molar-refractivity contribution in [2.24, 2.45) is 0 Å². The Morgan fingerprint density at radius 1 is 1.40 bits per heavy atom. The van der Waals surface area contributed by atoms with E-state index in [1.165, 1.54) is 13.2 Å². The van der Waals surface area contributed by atoms with Crippen LogP contribution in [-0.2, 0) is 9.53 Å². The standard InChI is InChI=1S/C11H13NO3/c1-14-9-5-3-4-8(11(9)12)6-7-10(13)15-2/h3-7H,12H2,1-2H3/b7-6+. The quantitative estimate of drug-likeness (QED) is 0.463. The second kappa shape index (κ2) is 5.05. The Hall–Kier alpha value is -1.97. The van der Waals surface area contributed by atoms with Crippen LogP contribution < -0.4 is 10.5 Å². The third-order valence-electron chi connectivity index (χ3n) is 1.92. The summed E-state index contributed by atoms with van der Waals surface area (Å²) in [6.07, 6.45) is 2.90. The van der Waals surface area contributed by atoms with Crippen LogP contribution in [0.2, 0.25) is 0 Å². The lowest BCUT2D eigenvalue weighted by Crippen LogP contribution is -1.96. The fourth-order valence-electron chi connectivity index (χ4n) is 1.11. The van der Waals surface area contributed by atoms with Gasteiger partial charge in [0.2, 0.25) is 0 Å². The number of ether oxygens (including phenoxy) is 2. The van der Waals surface area contributed by atoms with Crippen LogP contribution >= 0.6 is 0 Å². The normalized spacial score (nSPS) is 10.3. The average molecular weight is 207 g/mol. The highest BCUT2D eigenvalue weighted by atomic mass is 16.5. The third kappa shape index (κ3) is 2.74. The highest BCUT2D eigenvalue weighted by molar-refractivity contribution is 5.88. The molecule has 1 aromatic rings. The molecule has 0 aromatic heterocycles. The van der Waals surface area contributed by atoms with Crippen molar-refractivity contribution in [3.63, 3.8) is 0 Å². The monoisotopic (exact) mass is 207 g/mol. The maximum atomic E-state index is 10.9. The van der Waals surface area contributed by atoms with Gasteiger partial charge in [0, 0.05) is 11.6 Å². The van der Waals surface area contributed by atoms with E-state index in [1.807, 2.05) is 0 Å². The lowest BCUT2D eigenvalue weighted by Gasteiger charge is -2.06. The largest absolute Gasteiger partial charge is 0.495 e. The van der Waals surface area contributed by atoms with E-state index in [0.717, 1.165) is 5.56 Å². The van der Waals surface area contributed by atoms with E-state index in [2.05, 4.69) is 4.74 Å². The summed E-state index contributed by atoms with van der Waals surface area (Å²) >= 11 is 0. The summed E-state index contributed by atoms with van der Waals surface area (Å²) in [6, 6.07) is 5.34. The SMILES string of the molecule is COC(=O)/C=C/c1cccc(OC)c1N. The van der Waals surface area contributed by atoms with Crippen molar-refractivity contribution in [1.82, 2.24) is 0 Å². The maximum Gasteiger partial charge on any atom is 0.330 e. The van der Waals surface area contributed by atoms with Gasteiger partial charge in [0.05, 0.1) is 19.9 Å². The first kappa shape index (κ1) is 11.1. The smallest absolute Gasteiger partial charge is 0.330 e. The van der Waals surface area contributed by atoms with Gasteiger partial charge >= 0.3 is 5.97 Å². The Morgan fingerprint density at radius 3 is 2.73 bits per heavy atom. The number of rotatable bonds is 3. The number of benzene rings is 1. The Morgan fingerprint density at radius 2 is 2.13 bits per heavy atom. The van der Waals surface area contributed by atoms with Gasteiger partial charge in [0.1, 0.15) is 5.75 Å². The number of carbonyl (C=O) groups excluding carboxylic acids is 1. The molecule has 0 spiro atoms. The van der Waals surface area contributed by atoms with Gasteiger partial charge in [-0.2, -0.15) is 0 Å². The first-order valence-corrected chi connectivity index (χ1v) is 4.37. The molecule has 0 atom stereocenters. The van der Waals surface area contributed by atoms with Crippen molar-refractivity contribution in [2.75, 3.05) is 20.0 Å². The van der Waals surface area contributed by atoms with Crippen LogP contribution in [0.15, 0.2) is 24.3 Å². The molecule has 4 nitrogen and oxygen atoms in total. The van der Waals surface area contributed by atoms with Gasteiger partial charge in [-0.05, 0) is 12.1 Å². The zero-order valence-corrected chi connectivity index (χ0v) is 8.69. The lowest BCUT2D eigenvalue weighted by molar-refractivity contribution is -0.134. The summed E-state index contributed by atoms with van der Waals surface area (Å²) in [5, 5.41) is 0. The molecule has 0 aliphatic heterocycles. The third-order valence-corrected chi connectivity index (χ3v) is 1.92. The molecule has 1 rings (SSSR count). The molecule has 4 heteroatoms. The van der Waals surface area contributed by atoms with E-state index in [1.54, 1.807) is 31.4 Å². The second-order valence-electron chi connectivity index (χ2n) is 2.82. The Labute approximate surface area is 88.3 Å². The molecule has 0 heterocycles. The van der Waals surface area contributed by atoms with Crippen LogP contribution in [0.1, 0.15) is 5.56 Å². The second-order valence-corrected chi connectivity index (χ2v) is 2.82. The number of hydrogen-bond donors (Lipinski definition) is 1. The van der Waals surface area contributed by atoms with Crippen LogP contribution in [0, 0.1) is 0 Å². The van der Waals surface area contributed by atoms with Crippen LogP contribution in [-0.4, -0.2) is 20.2 Å². The molecule has 0 aliphatic rings. The van der Waals surface area contributed by atoms with Crippen LogP contribution in [0.5, 0.6) is 5.75 Å². The van der Waals surface area contributed by atoms with Crippen molar-refractivity contribution in [3.8, 4) is 5.75 Å². The van der Waals surface area contributed by atoms with Crippen molar-refractivity contribution in [1.29, 1.82) is 0 Å². The highest BCUT2D eigenvalue weighted by Gasteiger charge is 2.02. The van der Waals surface area contributed by atoms with Crippen molar-refractivity contribution >= 4 is 17.7 Å². The molecule has 0 saturated carbocycles. The van der Waals surface area contributed by atoms with Crippen molar-refractivity contribution < 1.29 is 14.3 Å². The molecule has 0 saturated heterocycles. The predicted octanol–water partition coefficient (Wildman–Crippen LogP) is 1.46. The molecule has 0 amide bonds. The summed E-state index contributed by atoms with van der Waals surface area (Å²) in [5.74, 6) is 0.166. The van der Waals surface area contributed by atoms with E-state index in [9.17, 15) is 4.79 Å². The van der Waals surface area contributed by atoms with Crippen molar-refractivity contribution in [3.05, 3.63) is 29.8 Å². The van der Waals surface area contributed by atoms with E-state index in [0.29, 0.717) is 11.4 Å². The Bertz CT molecular complexity index is 385. The molecule has 0 aliphatic carbocycles. The average Bonchev–Trinajstić information content (AvgIpc) is 2.27. The first-order valence-electron chi connectivity index (χ1n) is 4.37. The minimum absolute atomic E-state index is 0.419. The minimum Gasteiger partial charge on any atom is -0.495 e. The molecule has 0 radical (unpaired) electrons. The molecule has 2 N–H and O–H groups in total. The number of nitrogen functional groups attached to an aromatic ring is 1. The summed E-state index contributed by atoms with van der Waals surface area (Å²) in [6.45, 7) is 0. The highest BCUT2D eigenvalue weighted by Crippen LogP contribution is 2.25. The summed E-state index contributed by atoms with van der Waals surface area (Å²) in [7, 11) is 2.86. The Kier molecular flexibility index (Phi) is 3.74. The van der Waals surface area contributed by atoms with E-state index in [-0.39, 0.29) is 0 Å². The summed E-state index contributed by atoms with van der Waals surface area (Å²) in [4.78, 5) is 10.9. The molecular weight excluding hydrogens is 194 g/mol. The Balaban J connectivity index is 2.95. The lowest BCUT2D eigenvalue weighted by atomic mass is 10.1. The zero-order valence-electron chi connectivity index (χ0n) is 8.69. The van der Waals surface area contributed by atoms with Crippen LogP contribution in [0.3, 0.4) is 0 Å². The minimum atomic E-state index is -0.419. The van der Waals surface area contributed by atoms with Gasteiger partial charge in [0.15, 0.2) is 0 Å². The van der Waals surface area contributed by atoms with E-state index >= 15 is 0 Å². The molecular formula is C11H13NO3. The molecule has 80 valence electrons. The first-order chi connectivity index (χ1) is 7.19. The van der Waals surface area contributed by atoms with Crippen molar-refractivity contribution in [2.45, 2.75) is 0 Å². The summed E-state index contributed by atoms with van der Waals surface area (Å²) in [5.41, 5.74) is 7.02. The van der Waals surface area contributed by atoms with Crippen LogP contribution in [0.25, 0.3) is 6.08 Å². The number of nitrogens with two attached hydrogens (primary N) is 1. The molecule has 0 bridgehead atoms. The van der Waals surface area contributed by atoms with Gasteiger partial charge in [-0.3, -0.25) is 0 Å². The van der Waals surface area contributed by atoms with Gasteiger partial charge in [-0.25, -0.2) is 4.79 Å². The number of para-hydroxylation sites is 1.